The second-order valence-corrected chi connectivity index (χ2v) is 8.66. The molecule has 2 aromatic carbocycles. The molecule has 28 heavy (non-hydrogen) atoms. The summed E-state index contributed by atoms with van der Waals surface area (Å²) in [4.78, 5) is 18.1. The molecule has 8 heteroatoms. The summed E-state index contributed by atoms with van der Waals surface area (Å²) in [5, 5.41) is 0. The van der Waals surface area contributed by atoms with Crippen LogP contribution in [0, 0.1) is 0 Å². The molecule has 0 bridgehead atoms. The lowest BCUT2D eigenvalue weighted by Crippen LogP contribution is -2.40. The van der Waals surface area contributed by atoms with Gasteiger partial charge in [0, 0.05) is 24.7 Å². The molecule has 1 fully saturated rings. The van der Waals surface area contributed by atoms with Crippen LogP contribution in [0.4, 0.5) is 6.01 Å². The van der Waals surface area contributed by atoms with E-state index in [-0.39, 0.29) is 23.3 Å². The monoisotopic (exact) mass is 399 g/mol. The molecule has 1 unspecified atom stereocenters. The average Bonchev–Trinajstić information content (AvgIpc) is 3.32. The number of hydrogen-bond donors (Lipinski definition) is 1. The molecule has 0 spiro atoms. The number of oxazole rings is 1. The minimum absolute atomic E-state index is 0.0428. The van der Waals surface area contributed by atoms with Gasteiger partial charge in [-0.25, -0.2) is 13.1 Å². The third-order valence-electron chi connectivity index (χ3n) is 4.97. The standard InChI is InChI=1S/C20H21N3O4S/c1-14(24)15-6-4-8-17(12-15)28(25,26)21-13-16-7-5-11-23(16)20-22-18-9-2-3-10-19(18)27-20/h2-4,6,8-10,12,16,21H,5,7,11,13H2,1H3. The Kier molecular flexibility index (Phi) is 4.91. The molecule has 0 radical (unpaired) electrons. The lowest BCUT2D eigenvalue weighted by molar-refractivity contribution is 0.101. The quantitative estimate of drug-likeness (QED) is 0.641. The molecule has 4 rings (SSSR count). The van der Waals surface area contributed by atoms with Gasteiger partial charge in [0.05, 0.1) is 4.90 Å². The number of ketones is 1. The Morgan fingerprint density at radius 3 is 2.86 bits per heavy atom. The van der Waals surface area contributed by atoms with E-state index in [4.69, 9.17) is 4.42 Å². The van der Waals surface area contributed by atoms with Crippen molar-refractivity contribution in [3.63, 3.8) is 0 Å². The van der Waals surface area contributed by atoms with Gasteiger partial charge in [-0.15, -0.1) is 0 Å². The number of carbonyl (C=O) groups is 1. The van der Waals surface area contributed by atoms with Crippen LogP contribution in [-0.4, -0.2) is 38.3 Å². The molecular weight excluding hydrogens is 378 g/mol. The average molecular weight is 399 g/mol. The highest BCUT2D eigenvalue weighted by Gasteiger charge is 2.29. The Morgan fingerprint density at radius 2 is 2.07 bits per heavy atom. The maximum absolute atomic E-state index is 12.7. The van der Waals surface area contributed by atoms with E-state index < -0.39 is 10.0 Å². The highest BCUT2D eigenvalue weighted by molar-refractivity contribution is 7.89. The van der Waals surface area contributed by atoms with Gasteiger partial charge in [-0.3, -0.25) is 4.79 Å². The number of fused-ring (bicyclic) bond motifs is 1. The summed E-state index contributed by atoms with van der Waals surface area (Å²) in [6.45, 7) is 2.42. The van der Waals surface area contributed by atoms with Gasteiger partial charge in [0.25, 0.3) is 6.01 Å². The van der Waals surface area contributed by atoms with Gasteiger partial charge in [-0.05, 0) is 44.0 Å². The summed E-state index contributed by atoms with van der Waals surface area (Å²) in [6.07, 6.45) is 1.78. The van der Waals surface area contributed by atoms with E-state index in [1.165, 1.54) is 19.1 Å². The zero-order valence-electron chi connectivity index (χ0n) is 15.5. The molecule has 1 atom stereocenters. The summed E-state index contributed by atoms with van der Waals surface area (Å²) in [6, 6.07) is 14.1. The molecule has 0 saturated carbocycles. The Labute approximate surface area is 163 Å². The number of nitrogens with zero attached hydrogens (tertiary/aromatic N) is 2. The molecule has 1 aliphatic heterocycles. The van der Waals surface area contributed by atoms with Crippen LogP contribution in [0.3, 0.4) is 0 Å². The van der Waals surface area contributed by atoms with Crippen molar-refractivity contribution in [2.75, 3.05) is 18.0 Å². The highest BCUT2D eigenvalue weighted by atomic mass is 32.2. The van der Waals surface area contributed by atoms with Gasteiger partial charge in [0.15, 0.2) is 11.4 Å². The minimum atomic E-state index is -3.71. The number of carbonyl (C=O) groups excluding carboxylic acids is 1. The normalized spacial score (nSPS) is 17.3. The Balaban J connectivity index is 1.50. The van der Waals surface area contributed by atoms with Crippen molar-refractivity contribution < 1.29 is 17.6 Å². The van der Waals surface area contributed by atoms with Crippen molar-refractivity contribution in [2.45, 2.75) is 30.7 Å². The lowest BCUT2D eigenvalue weighted by Gasteiger charge is -2.23. The zero-order valence-corrected chi connectivity index (χ0v) is 16.3. The number of sulfonamides is 1. The number of nitrogens with one attached hydrogen (secondary N) is 1. The fraction of sp³-hybridized carbons (Fsp3) is 0.300. The summed E-state index contributed by atoms with van der Waals surface area (Å²) in [7, 11) is -3.71. The molecule has 0 amide bonds. The summed E-state index contributed by atoms with van der Waals surface area (Å²) in [5.41, 5.74) is 1.87. The summed E-state index contributed by atoms with van der Waals surface area (Å²) < 4.78 is 33.8. The van der Waals surface area contributed by atoms with Crippen LogP contribution in [0.25, 0.3) is 11.1 Å². The first-order valence-electron chi connectivity index (χ1n) is 9.17. The number of Topliss-reactive ketones (excluding diaryl/α,β-unsaturated/α-hetero) is 1. The molecule has 3 aromatic rings. The first kappa shape index (κ1) is 18.6. The van der Waals surface area contributed by atoms with Crippen LogP contribution in [0.5, 0.6) is 0 Å². The summed E-state index contributed by atoms with van der Waals surface area (Å²) >= 11 is 0. The van der Waals surface area contributed by atoms with Crippen LogP contribution >= 0.6 is 0 Å². The van der Waals surface area contributed by atoms with E-state index in [0.29, 0.717) is 17.2 Å². The van der Waals surface area contributed by atoms with Gasteiger partial charge >= 0.3 is 0 Å². The SMILES string of the molecule is CC(=O)c1cccc(S(=O)(=O)NCC2CCCN2c2nc3ccccc3o2)c1. The molecule has 1 aromatic heterocycles. The molecule has 1 aliphatic rings. The smallest absolute Gasteiger partial charge is 0.298 e. The molecule has 0 aliphatic carbocycles. The predicted octanol–water partition coefficient (Wildman–Crippen LogP) is 2.98. The number of benzene rings is 2. The van der Waals surface area contributed by atoms with E-state index in [1.54, 1.807) is 12.1 Å². The van der Waals surface area contributed by atoms with Crippen molar-refractivity contribution >= 4 is 32.9 Å². The van der Waals surface area contributed by atoms with E-state index >= 15 is 0 Å². The second-order valence-electron chi connectivity index (χ2n) is 6.89. The lowest BCUT2D eigenvalue weighted by atomic mass is 10.2. The Bertz CT molecular complexity index is 1090. The molecular formula is C20H21N3O4S. The van der Waals surface area contributed by atoms with Crippen LogP contribution in [0.15, 0.2) is 57.8 Å². The molecule has 2 heterocycles. The molecule has 146 valence electrons. The highest BCUT2D eigenvalue weighted by Crippen LogP contribution is 2.28. The van der Waals surface area contributed by atoms with Gasteiger partial charge in [-0.1, -0.05) is 24.3 Å². The van der Waals surface area contributed by atoms with Gasteiger partial charge < -0.3 is 9.32 Å². The van der Waals surface area contributed by atoms with Crippen molar-refractivity contribution in [3.05, 3.63) is 54.1 Å². The number of rotatable bonds is 6. The van der Waals surface area contributed by atoms with Crippen molar-refractivity contribution in [1.29, 1.82) is 0 Å². The summed E-state index contributed by atoms with van der Waals surface area (Å²) in [5.74, 6) is -0.171. The molecule has 1 N–H and O–H groups in total. The zero-order chi connectivity index (χ0) is 19.7. The number of aromatic nitrogens is 1. The van der Waals surface area contributed by atoms with E-state index in [9.17, 15) is 13.2 Å². The maximum atomic E-state index is 12.7. The molecule has 7 nitrogen and oxygen atoms in total. The van der Waals surface area contributed by atoms with Crippen LogP contribution < -0.4 is 9.62 Å². The topological polar surface area (TPSA) is 92.5 Å². The predicted molar refractivity (Wildman–Crippen MR) is 106 cm³/mol. The van der Waals surface area contributed by atoms with Crippen molar-refractivity contribution in [1.82, 2.24) is 9.71 Å². The van der Waals surface area contributed by atoms with Crippen LogP contribution in [-0.2, 0) is 10.0 Å². The van der Waals surface area contributed by atoms with Crippen LogP contribution in [0.2, 0.25) is 0 Å². The van der Waals surface area contributed by atoms with Crippen LogP contribution in [0.1, 0.15) is 30.1 Å². The van der Waals surface area contributed by atoms with Crippen molar-refractivity contribution in [2.24, 2.45) is 0 Å². The first-order valence-corrected chi connectivity index (χ1v) is 10.7. The second kappa shape index (κ2) is 7.37. The maximum Gasteiger partial charge on any atom is 0.298 e. The number of anilines is 1. The van der Waals surface area contributed by atoms with Gasteiger partial charge in [0.1, 0.15) is 5.52 Å². The third kappa shape index (κ3) is 3.65. The fourth-order valence-corrected chi connectivity index (χ4v) is 4.57. The third-order valence-corrected chi connectivity index (χ3v) is 6.39. The Hall–Kier alpha value is -2.71. The Morgan fingerprint density at radius 1 is 1.25 bits per heavy atom. The van der Waals surface area contributed by atoms with Gasteiger partial charge in [-0.2, -0.15) is 4.98 Å². The van der Waals surface area contributed by atoms with Gasteiger partial charge in [0.2, 0.25) is 10.0 Å². The van der Waals surface area contributed by atoms with E-state index in [2.05, 4.69) is 9.71 Å². The number of para-hydroxylation sites is 2. The molecule has 1 saturated heterocycles. The number of hydrogen-bond acceptors (Lipinski definition) is 6. The first-order chi connectivity index (χ1) is 13.4. The minimum Gasteiger partial charge on any atom is -0.423 e. The van der Waals surface area contributed by atoms with Crippen molar-refractivity contribution in [3.8, 4) is 0 Å². The van der Waals surface area contributed by atoms with E-state index in [1.807, 2.05) is 29.2 Å². The fourth-order valence-electron chi connectivity index (χ4n) is 3.45. The largest absolute Gasteiger partial charge is 0.423 e. The van der Waals surface area contributed by atoms with E-state index in [0.717, 1.165) is 24.9 Å².